The van der Waals surface area contributed by atoms with E-state index in [9.17, 15) is 4.79 Å². The molecule has 0 atom stereocenters. The van der Waals surface area contributed by atoms with Gasteiger partial charge in [0.25, 0.3) is 0 Å². The number of hydrogen-bond acceptors (Lipinski definition) is 2. The van der Waals surface area contributed by atoms with Crippen LogP contribution in [0.2, 0.25) is 0 Å². The van der Waals surface area contributed by atoms with E-state index in [2.05, 4.69) is 18.7 Å². The Bertz CT molecular complexity index is 147. The monoisotopic (exact) mass is 188 g/mol. The second kappa shape index (κ2) is 6.71. The van der Waals surface area contributed by atoms with Gasteiger partial charge in [-0.25, -0.2) is 4.79 Å². The first-order valence-corrected chi connectivity index (χ1v) is 4.85. The van der Waals surface area contributed by atoms with Crippen molar-refractivity contribution < 1.29 is 9.90 Å². The van der Waals surface area contributed by atoms with Crippen molar-refractivity contribution in [3.8, 4) is 0 Å². The molecule has 0 aromatic rings. The smallest absolute Gasteiger partial charge is 0.407 e. The van der Waals surface area contributed by atoms with E-state index in [1.54, 1.807) is 0 Å². The summed E-state index contributed by atoms with van der Waals surface area (Å²) < 4.78 is 0. The second-order valence-electron chi connectivity index (χ2n) is 2.89. The third kappa shape index (κ3) is 4.72. The molecule has 0 aromatic heterocycles. The van der Waals surface area contributed by atoms with Crippen LogP contribution in [0.15, 0.2) is 0 Å². The van der Waals surface area contributed by atoms with Crippen molar-refractivity contribution in [1.82, 2.24) is 9.80 Å². The minimum absolute atomic E-state index is 0.566. The predicted molar refractivity (Wildman–Crippen MR) is 53.1 cm³/mol. The van der Waals surface area contributed by atoms with Crippen LogP contribution in [0.3, 0.4) is 0 Å². The Hall–Kier alpha value is -0.770. The molecule has 0 spiro atoms. The van der Waals surface area contributed by atoms with Gasteiger partial charge in [-0.1, -0.05) is 13.8 Å². The molecule has 0 aliphatic heterocycles. The van der Waals surface area contributed by atoms with E-state index >= 15 is 0 Å². The minimum Gasteiger partial charge on any atom is -0.465 e. The lowest BCUT2D eigenvalue weighted by Crippen LogP contribution is -2.37. The van der Waals surface area contributed by atoms with E-state index < -0.39 is 6.09 Å². The van der Waals surface area contributed by atoms with Gasteiger partial charge >= 0.3 is 6.09 Å². The number of carboxylic acid groups (broad SMARTS) is 1. The first kappa shape index (κ1) is 12.2. The van der Waals surface area contributed by atoms with Crippen LogP contribution in [0.4, 0.5) is 4.79 Å². The van der Waals surface area contributed by atoms with Crippen LogP contribution in [-0.4, -0.2) is 53.7 Å². The summed E-state index contributed by atoms with van der Waals surface area (Å²) in [7, 11) is 0. The fourth-order valence-electron chi connectivity index (χ4n) is 1.19. The van der Waals surface area contributed by atoms with E-state index in [1.807, 2.05) is 6.92 Å². The summed E-state index contributed by atoms with van der Waals surface area (Å²) in [6, 6.07) is 0. The molecule has 1 N–H and O–H groups in total. The molecule has 78 valence electrons. The molecule has 0 saturated carbocycles. The molecule has 4 heteroatoms. The molecular formula is C9H20N2O2. The van der Waals surface area contributed by atoms with Crippen molar-refractivity contribution in [2.45, 2.75) is 20.8 Å². The zero-order chi connectivity index (χ0) is 10.3. The molecule has 0 unspecified atom stereocenters. The molecule has 0 bridgehead atoms. The highest BCUT2D eigenvalue weighted by molar-refractivity contribution is 5.64. The summed E-state index contributed by atoms with van der Waals surface area (Å²) in [6.45, 7) is 9.98. The molecule has 4 nitrogen and oxygen atoms in total. The standard InChI is InChI=1S/C9H20N2O2/c1-4-10(5-2)7-8-11(6-3)9(12)13/h4-8H2,1-3H3,(H,12,13). The Morgan fingerprint density at radius 1 is 1.08 bits per heavy atom. The molecule has 0 aromatic carbocycles. The average Bonchev–Trinajstić information content (AvgIpc) is 2.12. The lowest BCUT2D eigenvalue weighted by Gasteiger charge is -2.23. The maximum atomic E-state index is 10.6. The molecule has 0 heterocycles. The number of carbonyl (C=O) groups is 1. The summed E-state index contributed by atoms with van der Waals surface area (Å²) in [5.41, 5.74) is 0. The number of amides is 1. The van der Waals surface area contributed by atoms with Gasteiger partial charge in [-0.05, 0) is 20.0 Å². The van der Waals surface area contributed by atoms with Crippen molar-refractivity contribution in [2.75, 3.05) is 32.7 Å². The highest BCUT2D eigenvalue weighted by Gasteiger charge is 2.09. The first-order valence-electron chi connectivity index (χ1n) is 4.85. The van der Waals surface area contributed by atoms with E-state index in [-0.39, 0.29) is 0 Å². The molecule has 0 fully saturated rings. The summed E-state index contributed by atoms with van der Waals surface area (Å²) in [4.78, 5) is 14.3. The van der Waals surface area contributed by atoms with Gasteiger partial charge in [-0.2, -0.15) is 0 Å². The summed E-state index contributed by atoms with van der Waals surface area (Å²) in [5, 5.41) is 8.74. The van der Waals surface area contributed by atoms with E-state index in [4.69, 9.17) is 5.11 Å². The maximum absolute atomic E-state index is 10.6. The van der Waals surface area contributed by atoms with Crippen molar-refractivity contribution >= 4 is 6.09 Å². The number of nitrogens with zero attached hydrogens (tertiary/aromatic N) is 2. The molecule has 1 amide bonds. The summed E-state index contributed by atoms with van der Waals surface area (Å²) >= 11 is 0. The van der Waals surface area contributed by atoms with Crippen molar-refractivity contribution in [3.63, 3.8) is 0 Å². The fourth-order valence-corrected chi connectivity index (χ4v) is 1.19. The fraction of sp³-hybridized carbons (Fsp3) is 0.889. The molecule has 0 saturated heterocycles. The normalized spacial score (nSPS) is 10.5. The summed E-state index contributed by atoms with van der Waals surface area (Å²) in [5.74, 6) is 0. The van der Waals surface area contributed by atoms with Crippen LogP contribution in [0.25, 0.3) is 0 Å². The van der Waals surface area contributed by atoms with Gasteiger partial charge in [0.2, 0.25) is 0 Å². The lowest BCUT2D eigenvalue weighted by atomic mass is 10.4. The van der Waals surface area contributed by atoms with Crippen molar-refractivity contribution in [2.24, 2.45) is 0 Å². The zero-order valence-corrected chi connectivity index (χ0v) is 8.79. The Morgan fingerprint density at radius 2 is 1.62 bits per heavy atom. The third-order valence-corrected chi connectivity index (χ3v) is 2.23. The predicted octanol–water partition coefficient (Wildman–Crippen LogP) is 1.33. The average molecular weight is 188 g/mol. The van der Waals surface area contributed by atoms with Gasteiger partial charge in [-0.15, -0.1) is 0 Å². The number of rotatable bonds is 6. The highest BCUT2D eigenvalue weighted by Crippen LogP contribution is 1.92. The van der Waals surface area contributed by atoms with Crippen LogP contribution in [0.5, 0.6) is 0 Å². The molecule has 0 aliphatic rings. The number of likely N-dealkylation sites (N-methyl/N-ethyl adjacent to an activating group) is 2. The van der Waals surface area contributed by atoms with E-state index in [1.165, 1.54) is 4.90 Å². The summed E-state index contributed by atoms with van der Waals surface area (Å²) in [6.07, 6.45) is -0.824. The zero-order valence-electron chi connectivity index (χ0n) is 8.79. The Kier molecular flexibility index (Phi) is 6.32. The quantitative estimate of drug-likeness (QED) is 0.684. The Balaban J connectivity index is 3.76. The van der Waals surface area contributed by atoms with Gasteiger partial charge < -0.3 is 14.9 Å². The van der Waals surface area contributed by atoms with Crippen LogP contribution in [-0.2, 0) is 0 Å². The van der Waals surface area contributed by atoms with Crippen molar-refractivity contribution in [1.29, 1.82) is 0 Å². The van der Waals surface area contributed by atoms with Gasteiger partial charge in [-0.3, -0.25) is 0 Å². The molecule has 0 rings (SSSR count). The minimum atomic E-state index is -0.824. The number of hydrogen-bond donors (Lipinski definition) is 1. The van der Waals surface area contributed by atoms with E-state index in [0.29, 0.717) is 13.1 Å². The van der Waals surface area contributed by atoms with Crippen LogP contribution in [0, 0.1) is 0 Å². The van der Waals surface area contributed by atoms with Gasteiger partial charge in [0.05, 0.1) is 0 Å². The Morgan fingerprint density at radius 3 is 1.92 bits per heavy atom. The Labute approximate surface area is 80.1 Å². The van der Waals surface area contributed by atoms with Gasteiger partial charge in [0.15, 0.2) is 0 Å². The van der Waals surface area contributed by atoms with Crippen LogP contribution in [0.1, 0.15) is 20.8 Å². The molecule has 0 radical (unpaired) electrons. The maximum Gasteiger partial charge on any atom is 0.407 e. The SMILES string of the molecule is CCN(CC)CCN(CC)C(=O)O. The third-order valence-electron chi connectivity index (χ3n) is 2.23. The lowest BCUT2D eigenvalue weighted by molar-refractivity contribution is 0.140. The second-order valence-corrected chi connectivity index (χ2v) is 2.89. The van der Waals surface area contributed by atoms with E-state index in [0.717, 1.165) is 19.6 Å². The van der Waals surface area contributed by atoms with Gasteiger partial charge in [0.1, 0.15) is 0 Å². The van der Waals surface area contributed by atoms with Crippen LogP contribution < -0.4 is 0 Å². The van der Waals surface area contributed by atoms with Gasteiger partial charge in [0, 0.05) is 19.6 Å². The first-order chi connectivity index (χ1) is 6.15. The topological polar surface area (TPSA) is 43.8 Å². The molecule has 0 aliphatic carbocycles. The van der Waals surface area contributed by atoms with Crippen LogP contribution >= 0.6 is 0 Å². The molecule has 13 heavy (non-hydrogen) atoms. The molecular weight excluding hydrogens is 168 g/mol. The van der Waals surface area contributed by atoms with Crippen molar-refractivity contribution in [3.05, 3.63) is 0 Å². The highest BCUT2D eigenvalue weighted by atomic mass is 16.4. The largest absolute Gasteiger partial charge is 0.465 e.